The maximum Gasteiger partial charge on any atom is 0.329 e. The fourth-order valence-electron chi connectivity index (χ4n) is 4.78. The highest BCUT2D eigenvalue weighted by Gasteiger charge is 2.62. The van der Waals surface area contributed by atoms with Gasteiger partial charge in [-0.05, 0) is 44.9 Å². The van der Waals surface area contributed by atoms with E-state index in [-0.39, 0.29) is 41.3 Å². The van der Waals surface area contributed by atoms with Gasteiger partial charge in [-0.3, -0.25) is 19.3 Å². The lowest BCUT2D eigenvalue weighted by atomic mass is 9.81. The first-order valence-electron chi connectivity index (χ1n) is 9.13. The van der Waals surface area contributed by atoms with Crippen LogP contribution in [0.15, 0.2) is 10.6 Å². The van der Waals surface area contributed by atoms with Crippen LogP contribution < -0.4 is 5.32 Å². The number of carbonyl (C=O) groups is 4. The van der Waals surface area contributed by atoms with Crippen LogP contribution in [0.2, 0.25) is 0 Å². The van der Waals surface area contributed by atoms with E-state index in [1.165, 1.54) is 13.0 Å². The molecule has 2 aliphatic carbocycles. The summed E-state index contributed by atoms with van der Waals surface area (Å²) in [6.45, 7) is 2.60. The molecule has 0 radical (unpaired) electrons. The number of aromatic nitrogens is 1. The normalized spacial score (nSPS) is 29.8. The van der Waals surface area contributed by atoms with Crippen molar-refractivity contribution in [1.82, 2.24) is 10.1 Å². The quantitative estimate of drug-likeness (QED) is 0.599. The third kappa shape index (κ3) is 2.90. The zero-order valence-electron chi connectivity index (χ0n) is 15.1. The lowest BCUT2D eigenvalue weighted by Gasteiger charge is -2.22. The van der Waals surface area contributed by atoms with Gasteiger partial charge in [0.05, 0.1) is 11.8 Å². The van der Waals surface area contributed by atoms with Gasteiger partial charge in [0, 0.05) is 6.07 Å². The topological polar surface area (TPSA) is 119 Å². The molecule has 9 nitrogen and oxygen atoms in total. The van der Waals surface area contributed by atoms with Crippen LogP contribution in [0, 0.1) is 30.6 Å². The highest BCUT2D eigenvalue weighted by Crippen LogP contribution is 2.56. The van der Waals surface area contributed by atoms with Crippen LogP contribution in [0.4, 0.5) is 5.82 Å². The number of esters is 1. The molecule has 5 atom stereocenters. The number of hydrogen-bond acceptors (Lipinski definition) is 7. The van der Waals surface area contributed by atoms with Gasteiger partial charge in [0.1, 0.15) is 11.8 Å². The first-order chi connectivity index (χ1) is 12.9. The molecule has 0 aromatic carbocycles. The summed E-state index contributed by atoms with van der Waals surface area (Å²) in [5.41, 5.74) is 0. The van der Waals surface area contributed by atoms with E-state index in [0.29, 0.717) is 5.76 Å². The summed E-state index contributed by atoms with van der Waals surface area (Å²) >= 11 is 0. The average molecular weight is 375 g/mol. The second-order valence-corrected chi connectivity index (χ2v) is 7.59. The molecule has 1 aromatic rings. The standard InChI is InChI=1S/C18H21N3O6/c1-8-5-12(20-27-8)19-13(22)7-26-18(25)9(2)21-16(23)14-10-3-4-11(6-10)15(14)17(21)24/h5,9-11,14-15H,3-4,6-7H2,1-2H3,(H,19,20,22)/t9-,10-,11-,14-,15+/m0/s1. The number of imide groups is 1. The van der Waals surface area contributed by atoms with Crippen LogP contribution in [0.25, 0.3) is 0 Å². The minimum absolute atomic E-state index is 0.217. The first kappa shape index (κ1) is 17.7. The van der Waals surface area contributed by atoms with Crippen molar-refractivity contribution in [2.45, 2.75) is 39.2 Å². The van der Waals surface area contributed by atoms with Gasteiger partial charge in [0.25, 0.3) is 5.91 Å². The molecule has 1 aromatic heterocycles. The van der Waals surface area contributed by atoms with Crippen molar-refractivity contribution in [3.8, 4) is 0 Å². The molecule has 0 spiro atoms. The maximum atomic E-state index is 12.7. The molecule has 2 saturated carbocycles. The number of hydrogen-bond donors (Lipinski definition) is 1. The molecular weight excluding hydrogens is 354 g/mol. The number of rotatable bonds is 5. The van der Waals surface area contributed by atoms with E-state index in [1.54, 1.807) is 6.92 Å². The van der Waals surface area contributed by atoms with Gasteiger partial charge in [-0.2, -0.15) is 0 Å². The molecular formula is C18H21N3O6. The summed E-state index contributed by atoms with van der Waals surface area (Å²) in [6, 6.07) is 0.480. The Morgan fingerprint density at radius 2 is 1.93 bits per heavy atom. The third-order valence-corrected chi connectivity index (χ3v) is 5.93. The number of likely N-dealkylation sites (tertiary alicyclic amines) is 1. The fraction of sp³-hybridized carbons (Fsp3) is 0.611. The molecule has 4 rings (SSSR count). The summed E-state index contributed by atoms with van der Waals surface area (Å²) in [6.07, 6.45) is 2.87. The highest BCUT2D eigenvalue weighted by atomic mass is 16.5. The Morgan fingerprint density at radius 1 is 1.30 bits per heavy atom. The predicted molar refractivity (Wildman–Crippen MR) is 90.0 cm³/mol. The number of nitrogens with one attached hydrogen (secondary N) is 1. The number of carbonyl (C=O) groups excluding carboxylic acids is 4. The molecule has 2 bridgehead atoms. The summed E-state index contributed by atoms with van der Waals surface area (Å²) in [4.78, 5) is 50.6. The molecule has 9 heteroatoms. The van der Waals surface area contributed by atoms with Gasteiger partial charge in [-0.15, -0.1) is 0 Å². The van der Waals surface area contributed by atoms with Crippen molar-refractivity contribution < 1.29 is 28.4 Å². The third-order valence-electron chi connectivity index (χ3n) is 5.93. The van der Waals surface area contributed by atoms with Crippen LogP contribution in [0.3, 0.4) is 0 Å². The predicted octanol–water partition coefficient (Wildman–Crippen LogP) is 0.884. The van der Waals surface area contributed by atoms with Gasteiger partial charge in [0.15, 0.2) is 12.4 Å². The van der Waals surface area contributed by atoms with E-state index >= 15 is 0 Å². The fourth-order valence-corrected chi connectivity index (χ4v) is 4.78. The Morgan fingerprint density at radius 3 is 2.48 bits per heavy atom. The average Bonchev–Trinajstić information content (AvgIpc) is 3.38. The van der Waals surface area contributed by atoms with Gasteiger partial charge < -0.3 is 14.6 Å². The molecule has 3 fully saturated rings. The summed E-state index contributed by atoms with van der Waals surface area (Å²) < 4.78 is 9.81. The Kier molecular flexibility index (Phi) is 4.24. The summed E-state index contributed by atoms with van der Waals surface area (Å²) in [7, 11) is 0. The Balaban J connectivity index is 1.34. The first-order valence-corrected chi connectivity index (χ1v) is 9.13. The van der Waals surface area contributed by atoms with E-state index < -0.39 is 24.5 Å². The molecule has 144 valence electrons. The van der Waals surface area contributed by atoms with Crippen molar-refractivity contribution >= 4 is 29.5 Å². The molecule has 3 aliphatic rings. The number of nitrogens with zero attached hydrogens (tertiary/aromatic N) is 2. The monoisotopic (exact) mass is 375 g/mol. The Labute approximate surface area is 155 Å². The van der Waals surface area contributed by atoms with Crippen LogP contribution in [0.5, 0.6) is 0 Å². The lowest BCUT2D eigenvalue weighted by Crippen LogP contribution is -2.45. The van der Waals surface area contributed by atoms with Crippen LogP contribution >= 0.6 is 0 Å². The van der Waals surface area contributed by atoms with E-state index in [2.05, 4.69) is 10.5 Å². The van der Waals surface area contributed by atoms with Gasteiger partial charge in [-0.1, -0.05) is 5.16 Å². The Hall–Kier alpha value is -2.71. The van der Waals surface area contributed by atoms with E-state index in [1.807, 2.05) is 0 Å². The zero-order valence-corrected chi connectivity index (χ0v) is 15.1. The molecule has 1 aliphatic heterocycles. The van der Waals surface area contributed by atoms with Crippen molar-refractivity contribution in [3.05, 3.63) is 11.8 Å². The van der Waals surface area contributed by atoms with Gasteiger partial charge in [0.2, 0.25) is 11.8 Å². The number of fused-ring (bicyclic) bond motifs is 5. The Bertz CT molecular complexity index is 790. The molecule has 27 heavy (non-hydrogen) atoms. The molecule has 3 amide bonds. The minimum atomic E-state index is -1.04. The molecule has 0 unspecified atom stereocenters. The number of amides is 3. The number of aryl methyl sites for hydroxylation is 1. The summed E-state index contributed by atoms with van der Waals surface area (Å²) in [5.74, 6) is -1.24. The van der Waals surface area contributed by atoms with Crippen LogP contribution in [0.1, 0.15) is 31.9 Å². The largest absolute Gasteiger partial charge is 0.454 e. The number of anilines is 1. The molecule has 1 N–H and O–H groups in total. The van der Waals surface area contributed by atoms with Crippen molar-refractivity contribution in [1.29, 1.82) is 0 Å². The van der Waals surface area contributed by atoms with Crippen molar-refractivity contribution in [2.75, 3.05) is 11.9 Å². The SMILES string of the molecule is Cc1cc(NC(=O)COC(=O)[C@H](C)N2C(=O)[C@@H]3[C@H]4CC[C@@H](C4)[C@@H]3C2=O)no1. The highest BCUT2D eigenvalue weighted by molar-refractivity contribution is 6.08. The van der Waals surface area contributed by atoms with Crippen LogP contribution in [-0.4, -0.2) is 46.4 Å². The van der Waals surface area contributed by atoms with E-state index in [0.717, 1.165) is 24.2 Å². The maximum absolute atomic E-state index is 12.7. The van der Waals surface area contributed by atoms with Gasteiger partial charge >= 0.3 is 5.97 Å². The lowest BCUT2D eigenvalue weighted by molar-refractivity contribution is -0.159. The molecule has 2 heterocycles. The minimum Gasteiger partial charge on any atom is -0.454 e. The smallest absolute Gasteiger partial charge is 0.329 e. The van der Waals surface area contributed by atoms with E-state index in [9.17, 15) is 19.2 Å². The van der Waals surface area contributed by atoms with Gasteiger partial charge in [-0.25, -0.2) is 4.79 Å². The zero-order chi connectivity index (χ0) is 19.3. The van der Waals surface area contributed by atoms with Crippen LogP contribution in [-0.2, 0) is 23.9 Å². The molecule has 1 saturated heterocycles. The second kappa shape index (κ2) is 6.47. The van der Waals surface area contributed by atoms with Crippen molar-refractivity contribution in [3.63, 3.8) is 0 Å². The summed E-state index contributed by atoms with van der Waals surface area (Å²) in [5, 5.41) is 6.04. The van der Waals surface area contributed by atoms with Crippen molar-refractivity contribution in [2.24, 2.45) is 23.7 Å². The van der Waals surface area contributed by atoms with E-state index in [4.69, 9.17) is 9.26 Å². The second-order valence-electron chi connectivity index (χ2n) is 7.59. The number of ether oxygens (including phenoxy) is 1.